The lowest BCUT2D eigenvalue weighted by Crippen LogP contribution is -2.28. The van der Waals surface area contributed by atoms with Gasteiger partial charge in [-0.05, 0) is 31.7 Å². The van der Waals surface area contributed by atoms with Crippen LogP contribution < -0.4 is 15.4 Å². The summed E-state index contributed by atoms with van der Waals surface area (Å²) in [6.07, 6.45) is 4.14. The average molecular weight is 417 g/mol. The van der Waals surface area contributed by atoms with Gasteiger partial charge in [0.05, 0.1) is 13.5 Å². The number of nitrogens with one attached hydrogen (secondary N) is 3. The van der Waals surface area contributed by atoms with Crippen LogP contribution in [-0.2, 0) is 16.0 Å². The number of anilines is 1. The molecular formula is C20H27N5O5. The zero-order chi connectivity index (χ0) is 21.5. The van der Waals surface area contributed by atoms with Crippen LogP contribution in [0.4, 0.5) is 10.6 Å². The highest BCUT2D eigenvalue weighted by atomic mass is 16.6. The molecule has 4 N–H and O–H groups in total. The fourth-order valence-corrected chi connectivity index (χ4v) is 3.48. The molecular weight excluding hydrogens is 390 g/mol. The average Bonchev–Trinajstić information content (AvgIpc) is 3.37. The molecule has 2 amide bonds. The standard InChI is InChI=1S/C20H27N5O5/c1-3-7-22-20(28)30-14-5-4-12(9-14)15-11-16(25-24-15)23-17(26)10-13-6-8-21-19(29-2)18(13)27/h6,8,11-12,14,27H,3-5,7,9-10H2,1-2H3,(H,22,28)(H2,23,24,25,26)/t12-,14+/m1/s1. The second-order valence-electron chi connectivity index (χ2n) is 7.23. The van der Waals surface area contributed by atoms with Crippen LogP contribution in [0.2, 0.25) is 0 Å². The number of nitrogens with zero attached hydrogens (tertiary/aromatic N) is 2. The minimum absolute atomic E-state index is 0.0425. The van der Waals surface area contributed by atoms with Gasteiger partial charge in [-0.3, -0.25) is 9.89 Å². The van der Waals surface area contributed by atoms with Crippen molar-refractivity contribution in [2.24, 2.45) is 0 Å². The van der Waals surface area contributed by atoms with Gasteiger partial charge in [-0.15, -0.1) is 0 Å². The largest absolute Gasteiger partial charge is 0.503 e. The Bertz CT molecular complexity index is 884. The molecule has 0 saturated heterocycles. The topological polar surface area (TPSA) is 138 Å². The third-order valence-corrected chi connectivity index (χ3v) is 5.00. The molecule has 162 valence electrons. The lowest BCUT2D eigenvalue weighted by atomic mass is 10.0. The van der Waals surface area contributed by atoms with Crippen molar-refractivity contribution in [1.82, 2.24) is 20.5 Å². The summed E-state index contributed by atoms with van der Waals surface area (Å²) in [5.41, 5.74) is 1.30. The highest BCUT2D eigenvalue weighted by Crippen LogP contribution is 2.36. The molecule has 1 aliphatic carbocycles. The van der Waals surface area contributed by atoms with Gasteiger partial charge in [-0.2, -0.15) is 5.10 Å². The highest BCUT2D eigenvalue weighted by Gasteiger charge is 2.30. The molecule has 0 aromatic carbocycles. The summed E-state index contributed by atoms with van der Waals surface area (Å²) in [4.78, 5) is 27.9. The fourth-order valence-electron chi connectivity index (χ4n) is 3.48. The summed E-state index contributed by atoms with van der Waals surface area (Å²) in [5, 5.41) is 22.6. The SMILES string of the molecule is CCCNC(=O)O[C@H]1CC[C@@H](c2cc(NC(=O)Cc3ccnc(OC)c3O)n[nH]2)C1. The number of rotatable bonds is 8. The molecule has 0 bridgehead atoms. The molecule has 3 rings (SSSR count). The summed E-state index contributed by atoms with van der Waals surface area (Å²) in [6.45, 7) is 2.58. The summed E-state index contributed by atoms with van der Waals surface area (Å²) in [7, 11) is 1.40. The Balaban J connectivity index is 1.52. The number of methoxy groups -OCH3 is 1. The van der Waals surface area contributed by atoms with Gasteiger partial charge in [0, 0.05) is 36.0 Å². The van der Waals surface area contributed by atoms with Crippen molar-refractivity contribution < 1.29 is 24.2 Å². The van der Waals surface area contributed by atoms with Crippen LogP contribution in [0.3, 0.4) is 0 Å². The third kappa shape index (κ3) is 5.40. The molecule has 10 nitrogen and oxygen atoms in total. The second kappa shape index (κ2) is 9.95. The Morgan fingerprint density at radius 3 is 2.97 bits per heavy atom. The number of ether oxygens (including phenoxy) is 2. The zero-order valence-corrected chi connectivity index (χ0v) is 17.1. The first-order chi connectivity index (χ1) is 14.5. The molecule has 0 unspecified atom stereocenters. The predicted molar refractivity (Wildman–Crippen MR) is 109 cm³/mol. The molecule has 2 aromatic rings. The summed E-state index contributed by atoms with van der Waals surface area (Å²) in [6, 6.07) is 3.35. The lowest BCUT2D eigenvalue weighted by molar-refractivity contribution is -0.115. The zero-order valence-electron chi connectivity index (χ0n) is 17.1. The van der Waals surface area contributed by atoms with Crippen molar-refractivity contribution in [3.8, 4) is 11.6 Å². The second-order valence-corrected chi connectivity index (χ2v) is 7.23. The van der Waals surface area contributed by atoms with E-state index in [0.717, 1.165) is 25.0 Å². The monoisotopic (exact) mass is 417 g/mol. The number of H-pyrrole nitrogens is 1. The number of aromatic amines is 1. The number of alkyl carbamates (subject to hydrolysis) is 1. The van der Waals surface area contributed by atoms with E-state index in [1.165, 1.54) is 13.3 Å². The maximum Gasteiger partial charge on any atom is 0.407 e. The fraction of sp³-hybridized carbons (Fsp3) is 0.500. The van der Waals surface area contributed by atoms with Crippen molar-refractivity contribution >= 4 is 17.8 Å². The van der Waals surface area contributed by atoms with Crippen molar-refractivity contribution in [3.63, 3.8) is 0 Å². The molecule has 1 fully saturated rings. The predicted octanol–water partition coefficient (Wildman–Crippen LogP) is 2.47. The maximum absolute atomic E-state index is 12.3. The number of aromatic hydroxyl groups is 1. The van der Waals surface area contributed by atoms with E-state index >= 15 is 0 Å². The highest BCUT2D eigenvalue weighted by molar-refractivity contribution is 5.91. The van der Waals surface area contributed by atoms with Crippen molar-refractivity contribution in [2.45, 2.75) is 51.0 Å². The molecule has 1 saturated carbocycles. The van der Waals surface area contributed by atoms with Gasteiger partial charge in [-0.25, -0.2) is 9.78 Å². The van der Waals surface area contributed by atoms with Crippen LogP contribution in [0.25, 0.3) is 0 Å². The Morgan fingerprint density at radius 2 is 2.20 bits per heavy atom. The molecule has 0 aliphatic heterocycles. The van der Waals surface area contributed by atoms with Crippen LogP contribution in [0.15, 0.2) is 18.3 Å². The molecule has 2 heterocycles. The Labute approximate surface area is 174 Å². The number of amides is 2. The van der Waals surface area contributed by atoms with E-state index in [2.05, 4.69) is 25.8 Å². The Kier molecular flexibility index (Phi) is 7.10. The molecule has 0 radical (unpaired) electrons. The van der Waals surface area contributed by atoms with E-state index in [1.807, 2.05) is 6.92 Å². The Hall–Kier alpha value is -3.30. The van der Waals surface area contributed by atoms with Crippen molar-refractivity contribution in [2.75, 3.05) is 19.0 Å². The van der Waals surface area contributed by atoms with Crippen molar-refractivity contribution in [3.05, 3.63) is 29.6 Å². The van der Waals surface area contributed by atoms with Gasteiger partial charge >= 0.3 is 6.09 Å². The van der Waals surface area contributed by atoms with Crippen LogP contribution in [0.5, 0.6) is 11.6 Å². The minimum Gasteiger partial charge on any atom is -0.503 e. The number of hydrogen-bond donors (Lipinski definition) is 4. The first kappa shape index (κ1) is 21.4. The van der Waals surface area contributed by atoms with Crippen molar-refractivity contribution in [1.29, 1.82) is 0 Å². The molecule has 0 spiro atoms. The van der Waals surface area contributed by atoms with E-state index in [1.54, 1.807) is 12.1 Å². The van der Waals surface area contributed by atoms with Crippen LogP contribution in [0.1, 0.15) is 49.8 Å². The molecule has 30 heavy (non-hydrogen) atoms. The summed E-state index contributed by atoms with van der Waals surface area (Å²) in [5.74, 6) is 0.180. The first-order valence-electron chi connectivity index (χ1n) is 10.0. The van der Waals surface area contributed by atoms with Crippen LogP contribution >= 0.6 is 0 Å². The Morgan fingerprint density at radius 1 is 1.37 bits per heavy atom. The molecule has 2 atom stereocenters. The van der Waals surface area contributed by atoms with Crippen LogP contribution in [-0.4, -0.2) is 52.0 Å². The van der Waals surface area contributed by atoms with E-state index in [-0.39, 0.29) is 42.1 Å². The maximum atomic E-state index is 12.3. The van der Waals surface area contributed by atoms with E-state index in [9.17, 15) is 14.7 Å². The number of aromatic nitrogens is 3. The number of carbonyl (C=O) groups is 2. The first-order valence-corrected chi connectivity index (χ1v) is 10.0. The van der Waals surface area contributed by atoms with Gasteiger partial charge in [0.1, 0.15) is 6.10 Å². The van der Waals surface area contributed by atoms with Gasteiger partial charge in [0.25, 0.3) is 5.88 Å². The van der Waals surface area contributed by atoms with E-state index < -0.39 is 0 Å². The van der Waals surface area contributed by atoms with E-state index in [0.29, 0.717) is 24.3 Å². The molecule has 10 heteroatoms. The summed E-state index contributed by atoms with van der Waals surface area (Å²) >= 11 is 0. The molecule has 2 aromatic heterocycles. The van der Waals surface area contributed by atoms with Gasteiger partial charge < -0.3 is 25.2 Å². The van der Waals surface area contributed by atoms with Gasteiger partial charge in [0.2, 0.25) is 5.91 Å². The number of carbonyl (C=O) groups excluding carboxylic acids is 2. The third-order valence-electron chi connectivity index (χ3n) is 5.00. The minimum atomic E-state index is -0.379. The smallest absolute Gasteiger partial charge is 0.407 e. The molecule has 1 aliphatic rings. The summed E-state index contributed by atoms with van der Waals surface area (Å²) < 4.78 is 10.4. The lowest BCUT2D eigenvalue weighted by Gasteiger charge is -2.12. The number of hydrogen-bond acceptors (Lipinski definition) is 7. The number of pyridine rings is 1. The van der Waals surface area contributed by atoms with Gasteiger partial charge in [-0.1, -0.05) is 6.92 Å². The normalized spacial score (nSPS) is 18.1. The quantitative estimate of drug-likeness (QED) is 0.517. The van der Waals surface area contributed by atoms with Gasteiger partial charge in [0.15, 0.2) is 11.6 Å². The van der Waals surface area contributed by atoms with E-state index in [4.69, 9.17) is 9.47 Å². The van der Waals surface area contributed by atoms with Crippen LogP contribution in [0, 0.1) is 0 Å².